The minimum atomic E-state index is 0.783. The molecule has 2 N–H and O–H groups in total. The molecule has 2 aromatic heterocycles. The quantitative estimate of drug-likeness (QED) is 0.753. The van der Waals surface area contributed by atoms with Crippen molar-refractivity contribution in [3.63, 3.8) is 0 Å². The summed E-state index contributed by atoms with van der Waals surface area (Å²) in [6, 6.07) is 2.02. The van der Waals surface area contributed by atoms with Gasteiger partial charge in [0.2, 0.25) is 0 Å². The SMILES string of the molecule is Cc1oncc1NCc1cc[nH]c1. The molecule has 0 saturated heterocycles. The highest BCUT2D eigenvalue weighted by Gasteiger charge is 2.01. The average molecular weight is 177 g/mol. The largest absolute Gasteiger partial charge is 0.377 e. The molecule has 4 heteroatoms. The summed E-state index contributed by atoms with van der Waals surface area (Å²) in [6.07, 6.45) is 5.54. The highest BCUT2D eigenvalue weighted by Crippen LogP contribution is 2.13. The first-order valence-electron chi connectivity index (χ1n) is 4.13. The summed E-state index contributed by atoms with van der Waals surface area (Å²) < 4.78 is 4.91. The minimum absolute atomic E-state index is 0.783. The van der Waals surface area contributed by atoms with Crippen molar-refractivity contribution in [2.45, 2.75) is 13.5 Å². The predicted molar refractivity (Wildman–Crippen MR) is 49.4 cm³/mol. The number of hydrogen-bond acceptors (Lipinski definition) is 3. The van der Waals surface area contributed by atoms with Crippen LogP contribution in [0.2, 0.25) is 0 Å². The van der Waals surface area contributed by atoms with E-state index in [9.17, 15) is 0 Å². The van der Waals surface area contributed by atoms with E-state index < -0.39 is 0 Å². The van der Waals surface area contributed by atoms with Crippen molar-refractivity contribution >= 4 is 5.69 Å². The van der Waals surface area contributed by atoms with Gasteiger partial charge in [-0.1, -0.05) is 5.16 Å². The molecule has 0 aliphatic rings. The van der Waals surface area contributed by atoms with Gasteiger partial charge >= 0.3 is 0 Å². The molecule has 0 saturated carbocycles. The first kappa shape index (κ1) is 7.91. The average Bonchev–Trinajstić information content (AvgIpc) is 2.72. The van der Waals surface area contributed by atoms with E-state index in [1.54, 1.807) is 6.20 Å². The molecular formula is C9H11N3O. The fraction of sp³-hybridized carbons (Fsp3) is 0.222. The number of nitrogens with zero attached hydrogens (tertiary/aromatic N) is 1. The normalized spacial score (nSPS) is 10.2. The zero-order valence-corrected chi connectivity index (χ0v) is 7.37. The molecule has 68 valence electrons. The van der Waals surface area contributed by atoms with Gasteiger partial charge in [0, 0.05) is 18.9 Å². The summed E-state index contributed by atoms with van der Waals surface area (Å²) in [5, 5.41) is 6.90. The Kier molecular flexibility index (Phi) is 2.04. The van der Waals surface area contributed by atoms with Crippen molar-refractivity contribution in [2.24, 2.45) is 0 Å². The maximum absolute atomic E-state index is 4.91. The number of aryl methyl sites for hydroxylation is 1. The number of aromatic amines is 1. The highest BCUT2D eigenvalue weighted by atomic mass is 16.5. The van der Waals surface area contributed by atoms with Crippen LogP contribution < -0.4 is 5.32 Å². The Morgan fingerprint density at radius 3 is 3.15 bits per heavy atom. The van der Waals surface area contributed by atoms with Crippen LogP contribution in [0.4, 0.5) is 5.69 Å². The van der Waals surface area contributed by atoms with Gasteiger partial charge in [-0.15, -0.1) is 0 Å². The summed E-state index contributed by atoms with van der Waals surface area (Å²) in [5.74, 6) is 0.815. The number of hydrogen-bond donors (Lipinski definition) is 2. The Hall–Kier alpha value is -1.71. The van der Waals surface area contributed by atoms with Gasteiger partial charge in [-0.25, -0.2) is 0 Å². The van der Waals surface area contributed by atoms with E-state index in [0.29, 0.717) is 0 Å². The molecule has 0 aromatic carbocycles. The second-order valence-electron chi connectivity index (χ2n) is 2.87. The van der Waals surface area contributed by atoms with Gasteiger partial charge in [-0.2, -0.15) is 0 Å². The minimum Gasteiger partial charge on any atom is -0.377 e. The molecule has 0 unspecified atom stereocenters. The maximum atomic E-state index is 4.91. The number of nitrogens with one attached hydrogen (secondary N) is 2. The van der Waals surface area contributed by atoms with E-state index >= 15 is 0 Å². The Labute approximate surface area is 75.9 Å². The number of rotatable bonds is 3. The molecule has 0 fully saturated rings. The first-order valence-corrected chi connectivity index (χ1v) is 4.13. The van der Waals surface area contributed by atoms with E-state index in [1.165, 1.54) is 5.56 Å². The number of anilines is 1. The molecule has 13 heavy (non-hydrogen) atoms. The van der Waals surface area contributed by atoms with Gasteiger partial charge in [-0.05, 0) is 18.6 Å². The molecule has 2 aromatic rings. The topological polar surface area (TPSA) is 53.9 Å². The lowest BCUT2D eigenvalue weighted by molar-refractivity contribution is 0.398. The molecule has 2 heterocycles. The molecule has 0 aliphatic heterocycles. The lowest BCUT2D eigenvalue weighted by Crippen LogP contribution is -1.97. The van der Waals surface area contributed by atoms with Crippen LogP contribution >= 0.6 is 0 Å². The van der Waals surface area contributed by atoms with Crippen LogP contribution in [0.3, 0.4) is 0 Å². The lowest BCUT2D eigenvalue weighted by atomic mass is 10.3. The smallest absolute Gasteiger partial charge is 0.156 e. The van der Waals surface area contributed by atoms with E-state index in [0.717, 1.165) is 18.0 Å². The van der Waals surface area contributed by atoms with Crippen LogP contribution in [0.15, 0.2) is 29.2 Å². The lowest BCUT2D eigenvalue weighted by Gasteiger charge is -2.00. The zero-order chi connectivity index (χ0) is 9.10. The molecule has 0 radical (unpaired) electrons. The van der Waals surface area contributed by atoms with Gasteiger partial charge in [0.25, 0.3) is 0 Å². The van der Waals surface area contributed by atoms with Crippen molar-refractivity contribution in [1.82, 2.24) is 10.1 Å². The van der Waals surface area contributed by atoms with E-state index in [-0.39, 0.29) is 0 Å². The van der Waals surface area contributed by atoms with Crippen molar-refractivity contribution in [3.8, 4) is 0 Å². The van der Waals surface area contributed by atoms with Crippen molar-refractivity contribution in [3.05, 3.63) is 36.0 Å². The third kappa shape index (κ3) is 1.72. The summed E-state index contributed by atoms with van der Waals surface area (Å²) >= 11 is 0. The zero-order valence-electron chi connectivity index (χ0n) is 7.37. The second-order valence-corrected chi connectivity index (χ2v) is 2.87. The van der Waals surface area contributed by atoms with Crippen LogP contribution in [-0.4, -0.2) is 10.1 Å². The molecule has 2 rings (SSSR count). The number of aromatic nitrogens is 2. The van der Waals surface area contributed by atoms with Gasteiger partial charge in [-0.3, -0.25) is 0 Å². The standard InChI is InChI=1S/C9H11N3O/c1-7-9(6-12-13-7)11-5-8-2-3-10-4-8/h2-4,6,10-11H,5H2,1H3. The van der Waals surface area contributed by atoms with Gasteiger partial charge in [0.15, 0.2) is 5.76 Å². The van der Waals surface area contributed by atoms with Crippen LogP contribution in [0, 0.1) is 6.92 Å². The fourth-order valence-electron chi connectivity index (χ4n) is 1.13. The van der Waals surface area contributed by atoms with Crippen molar-refractivity contribution in [2.75, 3.05) is 5.32 Å². The molecule has 4 nitrogen and oxygen atoms in total. The maximum Gasteiger partial charge on any atom is 0.156 e. The second kappa shape index (κ2) is 3.35. The van der Waals surface area contributed by atoms with Gasteiger partial charge < -0.3 is 14.8 Å². The van der Waals surface area contributed by atoms with Gasteiger partial charge in [0.05, 0.1) is 11.9 Å². The summed E-state index contributed by atoms with van der Waals surface area (Å²) in [5.41, 5.74) is 2.15. The van der Waals surface area contributed by atoms with Gasteiger partial charge in [0.1, 0.15) is 0 Å². The third-order valence-electron chi connectivity index (χ3n) is 1.90. The Morgan fingerprint density at radius 2 is 2.54 bits per heavy atom. The molecular weight excluding hydrogens is 166 g/mol. The van der Waals surface area contributed by atoms with Crippen LogP contribution in [-0.2, 0) is 6.54 Å². The van der Waals surface area contributed by atoms with Crippen molar-refractivity contribution in [1.29, 1.82) is 0 Å². The monoisotopic (exact) mass is 177 g/mol. The Morgan fingerprint density at radius 1 is 1.62 bits per heavy atom. The highest BCUT2D eigenvalue weighted by molar-refractivity contribution is 5.43. The fourth-order valence-corrected chi connectivity index (χ4v) is 1.13. The Balaban J connectivity index is 1.97. The molecule has 0 spiro atoms. The van der Waals surface area contributed by atoms with Crippen molar-refractivity contribution < 1.29 is 4.52 Å². The summed E-state index contributed by atoms with van der Waals surface area (Å²) in [6.45, 7) is 2.66. The summed E-state index contributed by atoms with van der Waals surface area (Å²) in [4.78, 5) is 3.00. The number of H-pyrrole nitrogens is 1. The van der Waals surface area contributed by atoms with Crippen LogP contribution in [0.25, 0.3) is 0 Å². The Bertz CT molecular complexity index is 364. The summed E-state index contributed by atoms with van der Waals surface area (Å²) in [7, 11) is 0. The molecule has 0 aliphatic carbocycles. The third-order valence-corrected chi connectivity index (χ3v) is 1.90. The predicted octanol–water partition coefficient (Wildman–Crippen LogP) is 1.92. The van der Waals surface area contributed by atoms with Crippen LogP contribution in [0.5, 0.6) is 0 Å². The van der Waals surface area contributed by atoms with E-state index in [2.05, 4.69) is 15.5 Å². The van der Waals surface area contributed by atoms with E-state index in [1.807, 2.05) is 25.4 Å². The molecule has 0 atom stereocenters. The molecule has 0 bridgehead atoms. The van der Waals surface area contributed by atoms with E-state index in [4.69, 9.17) is 4.52 Å². The molecule has 0 amide bonds. The first-order chi connectivity index (χ1) is 6.36. The van der Waals surface area contributed by atoms with Crippen LogP contribution in [0.1, 0.15) is 11.3 Å².